The minimum absolute atomic E-state index is 0.228. The van der Waals surface area contributed by atoms with Crippen LogP contribution < -0.4 is 0 Å². The zero-order valence-corrected chi connectivity index (χ0v) is 8.67. The Morgan fingerprint density at radius 3 is 2.85 bits per heavy atom. The second-order valence-electron chi connectivity index (χ2n) is 2.25. The van der Waals surface area contributed by atoms with Crippen LogP contribution in [0.15, 0.2) is 25.7 Å². The maximum atomic E-state index is 5.51. The Balaban J connectivity index is 2.35. The first-order valence-electron chi connectivity index (χ1n) is 3.44. The van der Waals surface area contributed by atoms with Gasteiger partial charge >= 0.3 is 0 Å². The van der Waals surface area contributed by atoms with Gasteiger partial charge in [0.25, 0.3) is 5.89 Å². The van der Waals surface area contributed by atoms with Crippen LogP contribution in [0.5, 0.6) is 0 Å². The quantitative estimate of drug-likeness (QED) is 0.782. The Bertz CT molecular complexity index is 412. The van der Waals surface area contributed by atoms with E-state index in [4.69, 9.17) is 20.5 Å². The van der Waals surface area contributed by atoms with Gasteiger partial charge in [-0.05, 0) is 28.1 Å². The number of hydrogen-bond donors (Lipinski definition) is 0. The molecule has 0 aliphatic heterocycles. The van der Waals surface area contributed by atoms with Crippen molar-refractivity contribution in [3.05, 3.63) is 22.6 Å². The molecular formula is C7H4BrClN2O2. The molecule has 2 heterocycles. The van der Waals surface area contributed by atoms with Crippen molar-refractivity contribution in [1.29, 1.82) is 0 Å². The first-order valence-corrected chi connectivity index (χ1v) is 4.76. The lowest BCUT2D eigenvalue weighted by Gasteiger charge is -1.83. The van der Waals surface area contributed by atoms with E-state index in [2.05, 4.69) is 26.1 Å². The second kappa shape index (κ2) is 3.51. The van der Waals surface area contributed by atoms with E-state index in [9.17, 15) is 0 Å². The number of alkyl halides is 1. The van der Waals surface area contributed by atoms with Crippen molar-refractivity contribution in [2.45, 2.75) is 5.88 Å². The zero-order valence-electron chi connectivity index (χ0n) is 6.33. The van der Waals surface area contributed by atoms with E-state index in [1.807, 2.05) is 0 Å². The van der Waals surface area contributed by atoms with Crippen LogP contribution in [0.3, 0.4) is 0 Å². The summed E-state index contributed by atoms with van der Waals surface area (Å²) in [4.78, 5) is 3.99. The molecule has 0 bridgehead atoms. The van der Waals surface area contributed by atoms with Gasteiger partial charge < -0.3 is 8.94 Å². The van der Waals surface area contributed by atoms with Crippen molar-refractivity contribution in [3.8, 4) is 11.7 Å². The van der Waals surface area contributed by atoms with E-state index in [1.54, 1.807) is 12.1 Å². The van der Waals surface area contributed by atoms with Gasteiger partial charge in [0.2, 0.25) is 0 Å². The number of halogens is 2. The Morgan fingerprint density at radius 2 is 2.31 bits per heavy atom. The van der Waals surface area contributed by atoms with Crippen molar-refractivity contribution in [3.63, 3.8) is 0 Å². The molecule has 0 atom stereocenters. The lowest BCUT2D eigenvalue weighted by Crippen LogP contribution is -1.78. The molecule has 2 aromatic heterocycles. The molecule has 13 heavy (non-hydrogen) atoms. The van der Waals surface area contributed by atoms with Crippen LogP contribution in [-0.4, -0.2) is 10.1 Å². The zero-order chi connectivity index (χ0) is 9.26. The fourth-order valence-corrected chi connectivity index (χ4v) is 1.25. The maximum Gasteiger partial charge on any atom is 0.293 e. The van der Waals surface area contributed by atoms with Crippen LogP contribution >= 0.6 is 27.5 Å². The van der Waals surface area contributed by atoms with Gasteiger partial charge in [-0.1, -0.05) is 5.16 Å². The lowest BCUT2D eigenvalue weighted by atomic mass is 10.4. The number of hydrogen-bond acceptors (Lipinski definition) is 4. The van der Waals surface area contributed by atoms with Crippen molar-refractivity contribution >= 4 is 27.5 Å². The number of furan rings is 1. The fourth-order valence-electron chi connectivity index (χ4n) is 0.838. The van der Waals surface area contributed by atoms with Gasteiger partial charge in [0.15, 0.2) is 16.3 Å². The van der Waals surface area contributed by atoms with Crippen molar-refractivity contribution < 1.29 is 8.94 Å². The highest BCUT2D eigenvalue weighted by Gasteiger charge is 2.11. The molecule has 0 spiro atoms. The Morgan fingerprint density at radius 1 is 1.46 bits per heavy atom. The Hall–Kier alpha value is -0.810. The second-order valence-corrected chi connectivity index (χ2v) is 3.30. The predicted molar refractivity (Wildman–Crippen MR) is 49.3 cm³/mol. The van der Waals surface area contributed by atoms with Crippen LogP contribution in [0.25, 0.3) is 11.7 Å². The van der Waals surface area contributed by atoms with Gasteiger partial charge in [-0.2, -0.15) is 4.98 Å². The fraction of sp³-hybridized carbons (Fsp3) is 0.143. The highest BCUT2D eigenvalue weighted by molar-refractivity contribution is 9.10. The molecule has 2 rings (SSSR count). The van der Waals surface area contributed by atoms with Crippen LogP contribution in [0.1, 0.15) is 5.82 Å². The molecule has 0 fully saturated rings. The third-order valence-corrected chi connectivity index (χ3v) is 2.04. The van der Waals surface area contributed by atoms with Gasteiger partial charge in [-0.25, -0.2) is 0 Å². The number of rotatable bonds is 2. The van der Waals surface area contributed by atoms with Crippen molar-refractivity contribution in [1.82, 2.24) is 10.1 Å². The molecule has 6 heteroatoms. The van der Waals surface area contributed by atoms with Gasteiger partial charge in [0.05, 0.1) is 5.88 Å². The Kier molecular flexibility index (Phi) is 2.37. The summed E-state index contributed by atoms with van der Waals surface area (Å²) in [7, 11) is 0. The van der Waals surface area contributed by atoms with E-state index >= 15 is 0 Å². The first-order chi connectivity index (χ1) is 6.29. The molecule has 0 N–H and O–H groups in total. The summed E-state index contributed by atoms with van der Waals surface area (Å²) >= 11 is 8.68. The van der Waals surface area contributed by atoms with E-state index < -0.39 is 0 Å². The third-order valence-electron chi connectivity index (χ3n) is 1.37. The van der Waals surface area contributed by atoms with E-state index in [1.165, 1.54) is 0 Å². The largest absolute Gasteiger partial charge is 0.444 e. The maximum absolute atomic E-state index is 5.51. The highest BCUT2D eigenvalue weighted by atomic mass is 79.9. The van der Waals surface area contributed by atoms with E-state index in [0.717, 1.165) is 0 Å². The van der Waals surface area contributed by atoms with Crippen LogP contribution in [0, 0.1) is 0 Å². The van der Waals surface area contributed by atoms with Gasteiger partial charge in [0.1, 0.15) is 0 Å². The molecule has 0 saturated carbocycles. The molecule has 0 aliphatic carbocycles. The summed E-state index contributed by atoms with van der Waals surface area (Å²) in [6, 6.07) is 3.48. The van der Waals surface area contributed by atoms with Crippen molar-refractivity contribution in [2.24, 2.45) is 0 Å². The summed E-state index contributed by atoms with van der Waals surface area (Å²) in [5, 5.41) is 3.63. The molecule has 0 aliphatic rings. The van der Waals surface area contributed by atoms with Crippen LogP contribution in [0.2, 0.25) is 0 Å². The smallest absolute Gasteiger partial charge is 0.293 e. The Labute approximate surface area is 87.0 Å². The standard InChI is InChI=1S/C7H4BrClN2O2/c8-5-2-1-4(12-5)7-10-6(3-9)11-13-7/h1-2H,3H2. The van der Waals surface area contributed by atoms with E-state index in [0.29, 0.717) is 22.1 Å². The van der Waals surface area contributed by atoms with E-state index in [-0.39, 0.29) is 5.88 Å². The van der Waals surface area contributed by atoms with Gasteiger partial charge in [-0.15, -0.1) is 11.6 Å². The molecule has 68 valence electrons. The summed E-state index contributed by atoms with van der Waals surface area (Å²) in [5.74, 6) is 1.53. The molecule has 2 aromatic rings. The predicted octanol–water partition coefficient (Wildman–Crippen LogP) is 2.83. The van der Waals surface area contributed by atoms with Gasteiger partial charge in [-0.3, -0.25) is 0 Å². The summed E-state index contributed by atoms with van der Waals surface area (Å²) in [6.45, 7) is 0. The molecule has 0 saturated heterocycles. The molecule has 4 nitrogen and oxygen atoms in total. The normalized spacial score (nSPS) is 10.6. The topological polar surface area (TPSA) is 52.1 Å². The molecule has 0 amide bonds. The molecule has 0 unspecified atom stereocenters. The summed E-state index contributed by atoms with van der Waals surface area (Å²) in [6.07, 6.45) is 0. The number of aromatic nitrogens is 2. The minimum atomic E-state index is 0.228. The van der Waals surface area contributed by atoms with Crippen LogP contribution in [0.4, 0.5) is 0 Å². The molecule has 0 radical (unpaired) electrons. The minimum Gasteiger partial charge on any atom is -0.444 e. The number of nitrogens with zero attached hydrogens (tertiary/aromatic N) is 2. The first kappa shape index (κ1) is 8.77. The molecular weight excluding hydrogens is 259 g/mol. The molecule has 0 aromatic carbocycles. The highest BCUT2D eigenvalue weighted by Crippen LogP contribution is 2.23. The monoisotopic (exact) mass is 262 g/mol. The van der Waals surface area contributed by atoms with Crippen LogP contribution in [-0.2, 0) is 5.88 Å². The lowest BCUT2D eigenvalue weighted by molar-refractivity contribution is 0.409. The van der Waals surface area contributed by atoms with Crippen molar-refractivity contribution in [2.75, 3.05) is 0 Å². The SMILES string of the molecule is ClCc1noc(-c2ccc(Br)o2)n1. The summed E-state index contributed by atoms with van der Waals surface area (Å²) in [5.41, 5.74) is 0. The van der Waals surface area contributed by atoms with Gasteiger partial charge in [0, 0.05) is 0 Å². The summed E-state index contributed by atoms with van der Waals surface area (Å²) < 4.78 is 10.7. The average Bonchev–Trinajstić information content (AvgIpc) is 2.71. The average molecular weight is 263 g/mol. The third kappa shape index (κ3) is 1.76.